The summed E-state index contributed by atoms with van der Waals surface area (Å²) in [4.78, 5) is 0. The molecule has 0 N–H and O–H groups in total. The molecule has 0 heterocycles. The van der Waals surface area contributed by atoms with Gasteiger partial charge in [-0.1, -0.05) is 41.3 Å². The van der Waals surface area contributed by atoms with E-state index < -0.39 is 0 Å². The maximum Gasteiger partial charge on any atom is 0.00943 e. The SMILES string of the molecule is C=C[C@H](CBr)CC1CCC1. The molecule has 10 heavy (non-hydrogen) atoms. The van der Waals surface area contributed by atoms with Crippen LogP contribution in [0, 0.1) is 11.8 Å². The molecular formula is C9H15Br. The Balaban J connectivity index is 2.13. The summed E-state index contributed by atoms with van der Waals surface area (Å²) in [6.07, 6.45) is 7.80. The van der Waals surface area contributed by atoms with Crippen LogP contribution < -0.4 is 0 Å². The zero-order valence-electron chi connectivity index (χ0n) is 6.35. The van der Waals surface area contributed by atoms with Crippen LogP contribution in [0.15, 0.2) is 12.7 Å². The topological polar surface area (TPSA) is 0 Å². The van der Waals surface area contributed by atoms with Gasteiger partial charge in [0.15, 0.2) is 0 Å². The van der Waals surface area contributed by atoms with Crippen molar-refractivity contribution in [3.05, 3.63) is 12.7 Å². The minimum absolute atomic E-state index is 0.713. The minimum atomic E-state index is 0.713. The molecule has 0 nitrogen and oxygen atoms in total. The molecule has 1 atom stereocenters. The van der Waals surface area contributed by atoms with Gasteiger partial charge in [0, 0.05) is 5.33 Å². The smallest absolute Gasteiger partial charge is 0.00943 e. The van der Waals surface area contributed by atoms with Crippen molar-refractivity contribution in [1.82, 2.24) is 0 Å². The van der Waals surface area contributed by atoms with E-state index in [1.54, 1.807) is 0 Å². The molecule has 0 spiro atoms. The van der Waals surface area contributed by atoms with Crippen molar-refractivity contribution in [2.75, 3.05) is 5.33 Å². The zero-order chi connectivity index (χ0) is 7.40. The molecule has 1 fully saturated rings. The first-order chi connectivity index (χ1) is 4.86. The minimum Gasteiger partial charge on any atom is -0.103 e. The molecule has 0 amide bonds. The van der Waals surface area contributed by atoms with Crippen LogP contribution in [0.5, 0.6) is 0 Å². The molecule has 0 bridgehead atoms. The van der Waals surface area contributed by atoms with Crippen LogP contribution in [0.2, 0.25) is 0 Å². The fourth-order valence-corrected chi connectivity index (χ4v) is 1.91. The lowest BCUT2D eigenvalue weighted by molar-refractivity contribution is 0.275. The molecule has 0 radical (unpaired) electrons. The molecule has 0 aromatic carbocycles. The van der Waals surface area contributed by atoms with Crippen molar-refractivity contribution in [3.8, 4) is 0 Å². The van der Waals surface area contributed by atoms with Crippen LogP contribution in [-0.4, -0.2) is 5.33 Å². The molecule has 0 unspecified atom stereocenters. The maximum absolute atomic E-state index is 3.81. The number of halogens is 1. The average molecular weight is 203 g/mol. The number of hydrogen-bond acceptors (Lipinski definition) is 0. The van der Waals surface area contributed by atoms with Gasteiger partial charge >= 0.3 is 0 Å². The summed E-state index contributed by atoms with van der Waals surface area (Å²) in [5.74, 6) is 1.73. The lowest BCUT2D eigenvalue weighted by Gasteiger charge is -2.27. The lowest BCUT2D eigenvalue weighted by Crippen LogP contribution is -2.15. The zero-order valence-corrected chi connectivity index (χ0v) is 7.94. The third kappa shape index (κ3) is 2.12. The lowest BCUT2D eigenvalue weighted by atomic mass is 9.79. The van der Waals surface area contributed by atoms with Crippen LogP contribution in [-0.2, 0) is 0 Å². The highest BCUT2D eigenvalue weighted by Crippen LogP contribution is 2.32. The quantitative estimate of drug-likeness (QED) is 0.485. The predicted octanol–water partition coefficient (Wildman–Crippen LogP) is 3.37. The van der Waals surface area contributed by atoms with E-state index in [9.17, 15) is 0 Å². The normalized spacial score (nSPS) is 21.7. The van der Waals surface area contributed by atoms with E-state index in [0.29, 0.717) is 5.92 Å². The van der Waals surface area contributed by atoms with E-state index in [4.69, 9.17) is 0 Å². The Morgan fingerprint density at radius 2 is 2.30 bits per heavy atom. The summed E-state index contributed by atoms with van der Waals surface area (Å²) in [6, 6.07) is 0. The molecule has 58 valence electrons. The molecule has 0 aromatic heterocycles. The van der Waals surface area contributed by atoms with Gasteiger partial charge in [0.05, 0.1) is 0 Å². The van der Waals surface area contributed by atoms with Gasteiger partial charge in [0.25, 0.3) is 0 Å². The first-order valence-corrected chi connectivity index (χ1v) is 5.17. The van der Waals surface area contributed by atoms with Gasteiger partial charge in [-0.2, -0.15) is 0 Å². The largest absolute Gasteiger partial charge is 0.103 e. The molecule has 1 rings (SSSR count). The summed E-state index contributed by atoms with van der Waals surface area (Å²) >= 11 is 3.49. The monoisotopic (exact) mass is 202 g/mol. The summed E-state index contributed by atoms with van der Waals surface area (Å²) in [5.41, 5.74) is 0. The molecule has 1 saturated carbocycles. The second-order valence-corrected chi connectivity index (χ2v) is 3.83. The molecule has 1 aliphatic carbocycles. The second kappa shape index (κ2) is 4.17. The highest BCUT2D eigenvalue weighted by molar-refractivity contribution is 9.09. The molecule has 0 aliphatic heterocycles. The third-order valence-electron chi connectivity index (χ3n) is 2.39. The Morgan fingerprint density at radius 1 is 1.60 bits per heavy atom. The summed E-state index contributed by atoms with van der Waals surface area (Å²) in [7, 11) is 0. The Morgan fingerprint density at radius 3 is 2.60 bits per heavy atom. The fraction of sp³-hybridized carbons (Fsp3) is 0.778. The molecular weight excluding hydrogens is 188 g/mol. The van der Waals surface area contributed by atoms with Gasteiger partial charge in [0.1, 0.15) is 0 Å². The number of hydrogen-bond donors (Lipinski definition) is 0. The Labute approximate surface area is 71.8 Å². The van der Waals surface area contributed by atoms with Crippen LogP contribution in [0.4, 0.5) is 0 Å². The standard InChI is InChI=1S/C9H15Br/c1-2-8(7-10)6-9-4-3-5-9/h2,8-9H,1,3-7H2/t8-/m0/s1. The Hall–Kier alpha value is 0.220. The second-order valence-electron chi connectivity index (χ2n) is 3.18. The maximum atomic E-state index is 3.81. The van der Waals surface area contributed by atoms with Gasteiger partial charge in [-0.15, -0.1) is 6.58 Å². The predicted molar refractivity (Wildman–Crippen MR) is 49.4 cm³/mol. The molecule has 0 aromatic rings. The van der Waals surface area contributed by atoms with Gasteiger partial charge in [0.2, 0.25) is 0 Å². The average Bonchev–Trinajstić information content (AvgIpc) is 1.87. The van der Waals surface area contributed by atoms with E-state index in [1.165, 1.54) is 25.7 Å². The molecule has 0 saturated heterocycles. The number of alkyl halides is 1. The van der Waals surface area contributed by atoms with Gasteiger partial charge < -0.3 is 0 Å². The summed E-state index contributed by atoms with van der Waals surface area (Å²) in [5, 5.41) is 1.09. The molecule has 1 heteroatoms. The van der Waals surface area contributed by atoms with Gasteiger partial charge in [-0.25, -0.2) is 0 Å². The van der Waals surface area contributed by atoms with Crippen molar-refractivity contribution in [2.45, 2.75) is 25.7 Å². The van der Waals surface area contributed by atoms with E-state index >= 15 is 0 Å². The van der Waals surface area contributed by atoms with Crippen LogP contribution >= 0.6 is 15.9 Å². The Bertz CT molecular complexity index is 105. The molecule has 1 aliphatic rings. The van der Waals surface area contributed by atoms with Crippen molar-refractivity contribution >= 4 is 15.9 Å². The highest BCUT2D eigenvalue weighted by atomic mass is 79.9. The Kier molecular flexibility index (Phi) is 3.47. The van der Waals surface area contributed by atoms with Crippen molar-refractivity contribution < 1.29 is 0 Å². The summed E-state index contributed by atoms with van der Waals surface area (Å²) < 4.78 is 0. The first kappa shape index (κ1) is 8.32. The van der Waals surface area contributed by atoms with E-state index in [2.05, 4.69) is 28.6 Å². The van der Waals surface area contributed by atoms with Crippen LogP contribution in [0.3, 0.4) is 0 Å². The first-order valence-electron chi connectivity index (χ1n) is 4.05. The number of allylic oxidation sites excluding steroid dienone is 1. The van der Waals surface area contributed by atoms with Gasteiger partial charge in [-0.3, -0.25) is 0 Å². The fourth-order valence-electron chi connectivity index (χ4n) is 1.38. The van der Waals surface area contributed by atoms with Gasteiger partial charge in [-0.05, 0) is 18.3 Å². The number of rotatable bonds is 4. The van der Waals surface area contributed by atoms with Crippen LogP contribution in [0.1, 0.15) is 25.7 Å². The van der Waals surface area contributed by atoms with E-state index in [1.807, 2.05) is 0 Å². The van der Waals surface area contributed by atoms with Crippen molar-refractivity contribution in [1.29, 1.82) is 0 Å². The van der Waals surface area contributed by atoms with E-state index in [-0.39, 0.29) is 0 Å². The third-order valence-corrected chi connectivity index (χ3v) is 3.22. The van der Waals surface area contributed by atoms with Crippen LogP contribution in [0.25, 0.3) is 0 Å². The van der Waals surface area contributed by atoms with Crippen molar-refractivity contribution in [3.63, 3.8) is 0 Å². The highest BCUT2D eigenvalue weighted by Gasteiger charge is 2.19. The summed E-state index contributed by atoms with van der Waals surface area (Å²) in [6.45, 7) is 3.81. The van der Waals surface area contributed by atoms with E-state index in [0.717, 1.165) is 11.2 Å². The van der Waals surface area contributed by atoms with Crippen molar-refractivity contribution in [2.24, 2.45) is 11.8 Å².